The number of anilines is 1. The van der Waals surface area contributed by atoms with Gasteiger partial charge >= 0.3 is 18.5 Å². The molecule has 1 fully saturated rings. The number of hydrogen-bond donors (Lipinski definition) is 1. The van der Waals surface area contributed by atoms with E-state index in [1.54, 1.807) is 12.1 Å². The molecule has 0 spiro atoms. The van der Waals surface area contributed by atoms with Crippen LogP contribution in [0.2, 0.25) is 0 Å². The Hall–Kier alpha value is -3.96. The van der Waals surface area contributed by atoms with Gasteiger partial charge in [0.05, 0.1) is 11.8 Å². The Balaban J connectivity index is 0.000000449. The van der Waals surface area contributed by atoms with Crippen LogP contribution in [0.15, 0.2) is 42.6 Å². The van der Waals surface area contributed by atoms with Gasteiger partial charge in [-0.25, -0.2) is 9.37 Å². The number of H-pyrrole nitrogens is 1. The molecule has 0 amide bonds. The third kappa shape index (κ3) is 11.1. The minimum atomic E-state index is -5.19. The number of ketones is 1. The fraction of sp³-hybridized carbons (Fsp3) is 0.333. The highest BCUT2D eigenvalue weighted by molar-refractivity contribution is 5.99. The molecule has 0 aliphatic carbocycles. The zero-order valence-corrected chi connectivity index (χ0v) is 19.1. The van der Waals surface area contributed by atoms with Crippen LogP contribution in [0.5, 0.6) is 0 Å². The van der Waals surface area contributed by atoms with Gasteiger partial charge in [-0.2, -0.15) is 39.5 Å². The van der Waals surface area contributed by atoms with E-state index in [9.17, 15) is 48.7 Å². The molecule has 2 heterocycles. The maximum absolute atomic E-state index is 13.0. The van der Waals surface area contributed by atoms with Gasteiger partial charge in [0, 0.05) is 18.2 Å². The molecule has 8 nitrogen and oxygen atoms in total. The molecule has 3 rings (SSSR count). The lowest BCUT2D eigenvalue weighted by atomic mass is 10.2. The molecular formula is C21H17F10N3O5. The maximum atomic E-state index is 13.0. The molecule has 39 heavy (non-hydrogen) atoms. The number of piperazine rings is 1. The van der Waals surface area contributed by atoms with Crippen LogP contribution in [-0.4, -0.2) is 62.4 Å². The number of nitrogens with one attached hydrogen (secondary N) is 2. The number of aromatic nitrogens is 1. The van der Waals surface area contributed by atoms with Crippen molar-refractivity contribution in [2.45, 2.75) is 18.5 Å². The van der Waals surface area contributed by atoms with Crippen LogP contribution < -0.4 is 25.0 Å². The lowest BCUT2D eigenvalue weighted by molar-refractivity contribution is -0.833. The van der Waals surface area contributed by atoms with Crippen molar-refractivity contribution in [2.75, 3.05) is 31.1 Å². The Morgan fingerprint density at radius 1 is 0.744 bits per heavy atom. The first-order valence-electron chi connectivity index (χ1n) is 10.3. The highest BCUT2D eigenvalue weighted by Crippen LogP contribution is 2.21. The molecule has 18 heteroatoms. The molecule has 1 aromatic heterocycles. The van der Waals surface area contributed by atoms with E-state index in [-0.39, 0.29) is 5.82 Å². The van der Waals surface area contributed by atoms with E-state index in [1.807, 2.05) is 4.90 Å². The minimum absolute atomic E-state index is 0.273. The van der Waals surface area contributed by atoms with Gasteiger partial charge in [-0.3, -0.25) is 14.6 Å². The van der Waals surface area contributed by atoms with Crippen molar-refractivity contribution < 1.29 is 78.4 Å². The van der Waals surface area contributed by atoms with Gasteiger partial charge in [0.1, 0.15) is 49.6 Å². The summed E-state index contributed by atoms with van der Waals surface area (Å²) in [7, 11) is 0. The molecule has 0 atom stereocenters. The van der Waals surface area contributed by atoms with Crippen LogP contribution >= 0.6 is 0 Å². The Kier molecular flexibility index (Phi) is 11.2. The highest BCUT2D eigenvalue weighted by Gasteiger charge is 2.40. The van der Waals surface area contributed by atoms with E-state index in [0.717, 1.165) is 25.0 Å². The van der Waals surface area contributed by atoms with E-state index < -0.39 is 41.8 Å². The van der Waals surface area contributed by atoms with Crippen LogP contribution in [0.3, 0.4) is 0 Å². The van der Waals surface area contributed by atoms with Crippen LogP contribution in [0.4, 0.5) is 55.4 Å². The highest BCUT2D eigenvalue weighted by atomic mass is 19.4. The first-order chi connectivity index (χ1) is 17.7. The Morgan fingerprint density at radius 2 is 1.18 bits per heavy atom. The molecule has 0 bridgehead atoms. The number of alkyl halides is 9. The van der Waals surface area contributed by atoms with Gasteiger partial charge in [-0.1, -0.05) is 0 Å². The van der Waals surface area contributed by atoms with Crippen molar-refractivity contribution >= 4 is 29.2 Å². The van der Waals surface area contributed by atoms with E-state index in [1.165, 1.54) is 29.2 Å². The summed E-state index contributed by atoms with van der Waals surface area (Å²) in [5.41, 5.74) is 0.600. The first-order valence-corrected chi connectivity index (χ1v) is 10.3. The number of Topliss-reactive ketones (excluding diaryl/α,β-unsaturated/α-hetero) is 1. The molecule has 0 saturated carbocycles. The number of rotatable bonds is 3. The van der Waals surface area contributed by atoms with Crippen LogP contribution in [0.25, 0.3) is 0 Å². The topological polar surface area (TPSA) is 119 Å². The van der Waals surface area contributed by atoms with Crippen molar-refractivity contribution in [3.63, 3.8) is 0 Å². The number of benzene rings is 1. The van der Waals surface area contributed by atoms with E-state index in [0.29, 0.717) is 18.9 Å². The normalized spacial score (nSPS) is 14.4. The van der Waals surface area contributed by atoms with Gasteiger partial charge in [-0.15, -0.1) is 0 Å². The molecule has 216 valence electrons. The number of nitrogens with zero attached hydrogens (tertiary/aromatic N) is 1. The van der Waals surface area contributed by atoms with Gasteiger partial charge in [0.2, 0.25) is 0 Å². The lowest BCUT2D eigenvalue weighted by Gasteiger charge is -2.28. The zero-order valence-electron chi connectivity index (χ0n) is 19.1. The second-order valence-corrected chi connectivity index (χ2v) is 7.46. The van der Waals surface area contributed by atoms with Crippen molar-refractivity contribution in [1.29, 1.82) is 0 Å². The molecule has 0 unspecified atom stereocenters. The number of halogens is 10. The molecule has 1 aliphatic heterocycles. The summed E-state index contributed by atoms with van der Waals surface area (Å²) < 4.78 is 113. The third-order valence-electron chi connectivity index (χ3n) is 4.74. The summed E-state index contributed by atoms with van der Waals surface area (Å²) in [5.74, 6) is -7.48. The van der Waals surface area contributed by atoms with Crippen molar-refractivity contribution in [3.05, 3.63) is 54.0 Å². The summed E-state index contributed by atoms with van der Waals surface area (Å²) in [6.45, 7) is 2.94. The number of hydrogen-bond acceptors (Lipinski definition) is 6. The van der Waals surface area contributed by atoms with Crippen molar-refractivity contribution in [2.24, 2.45) is 0 Å². The summed E-state index contributed by atoms with van der Waals surface area (Å²) >= 11 is 0. The van der Waals surface area contributed by atoms with Gasteiger partial charge in [0.25, 0.3) is 11.6 Å². The predicted octanol–water partition coefficient (Wildman–Crippen LogP) is 0.0186. The standard InChI is InChI=1S/C17H15F4N3O.2C2HF3O2/c18-13-2-4-14(5-3-13)23-7-9-24(10-8-23)15-6-1-12(11-22-15)16(25)17(19,20)21;2*3-2(4,5)1(6)7/h1-6,11H,7-10H2;2*(H,6,7). The van der Waals surface area contributed by atoms with Crippen LogP contribution in [0.1, 0.15) is 10.4 Å². The number of aromatic amines is 1. The third-order valence-corrected chi connectivity index (χ3v) is 4.74. The fourth-order valence-electron chi connectivity index (χ4n) is 2.91. The molecule has 1 aromatic carbocycles. The number of aliphatic carboxylic acids is 2. The predicted molar refractivity (Wildman–Crippen MR) is 104 cm³/mol. The number of quaternary nitrogens is 1. The van der Waals surface area contributed by atoms with Gasteiger partial charge < -0.3 is 19.8 Å². The van der Waals surface area contributed by atoms with Crippen molar-refractivity contribution in [1.82, 2.24) is 0 Å². The van der Waals surface area contributed by atoms with Gasteiger partial charge in [-0.05, 0) is 18.2 Å². The second kappa shape index (κ2) is 13.2. The average Bonchev–Trinajstić information content (AvgIpc) is 2.83. The Morgan fingerprint density at radius 3 is 1.51 bits per heavy atom. The monoisotopic (exact) mass is 581 g/mol. The Labute approximate surface area is 212 Å². The summed E-state index contributed by atoms with van der Waals surface area (Å²) in [4.78, 5) is 34.8. The lowest BCUT2D eigenvalue weighted by Crippen LogP contribution is -3.10. The SMILES string of the molecule is O=C([O-])C(F)(F)F.O=C([O-])C(F)(F)F.O=C(c1ccc(N2CC[NH+](c3ccc(F)cc3)CC2)[nH+]c1)C(F)(F)F. The molecule has 2 aromatic rings. The summed E-state index contributed by atoms with van der Waals surface area (Å²) in [6.07, 6.45) is -14.2. The molecule has 1 aliphatic rings. The maximum Gasteiger partial charge on any atom is 0.455 e. The van der Waals surface area contributed by atoms with E-state index in [2.05, 4.69) is 4.98 Å². The number of carbonyl (C=O) groups excluding carboxylic acids is 3. The second-order valence-electron chi connectivity index (χ2n) is 7.46. The van der Waals surface area contributed by atoms with Crippen molar-refractivity contribution in [3.8, 4) is 0 Å². The largest absolute Gasteiger partial charge is 0.542 e. The first kappa shape index (κ1) is 33.1. The Bertz CT molecular complexity index is 1090. The van der Waals surface area contributed by atoms with Gasteiger partial charge in [0.15, 0.2) is 0 Å². The number of carboxylic acids is 2. The minimum Gasteiger partial charge on any atom is -0.542 e. The number of carbonyl (C=O) groups is 3. The number of carboxylic acid groups (broad SMARTS) is 2. The van der Waals surface area contributed by atoms with E-state index in [4.69, 9.17) is 19.8 Å². The number of pyridine rings is 1. The van der Waals surface area contributed by atoms with E-state index >= 15 is 0 Å². The van der Waals surface area contributed by atoms with Crippen LogP contribution in [0, 0.1) is 5.82 Å². The van der Waals surface area contributed by atoms with Crippen LogP contribution in [-0.2, 0) is 9.59 Å². The molecular weight excluding hydrogens is 564 g/mol. The smallest absolute Gasteiger partial charge is 0.455 e. The fourth-order valence-corrected chi connectivity index (χ4v) is 2.91. The zero-order chi connectivity index (χ0) is 30.2. The molecule has 1 saturated heterocycles. The quantitative estimate of drug-likeness (QED) is 0.404. The summed E-state index contributed by atoms with van der Waals surface area (Å²) in [5, 5.41) is 17.6. The average molecular weight is 581 g/mol. The molecule has 2 N–H and O–H groups in total. The molecule has 0 radical (unpaired) electrons. The summed E-state index contributed by atoms with van der Waals surface area (Å²) in [6, 6.07) is 9.04.